The number of nitrogens with zero attached hydrogens (tertiary/aromatic N) is 4. The number of aromatic nitrogens is 2. The molecule has 3 aliphatic heterocycles. The zero-order valence-corrected chi connectivity index (χ0v) is 19.6. The molecule has 0 spiro atoms. The molecule has 0 saturated carbocycles. The van der Waals surface area contributed by atoms with Gasteiger partial charge in [0.1, 0.15) is 17.5 Å². The van der Waals surface area contributed by atoms with Crippen LogP contribution in [0.2, 0.25) is 0 Å². The third-order valence-corrected chi connectivity index (χ3v) is 7.12. The molecule has 3 aliphatic rings. The third-order valence-electron chi connectivity index (χ3n) is 7.12. The lowest BCUT2D eigenvalue weighted by Crippen LogP contribution is -2.56. The van der Waals surface area contributed by atoms with Crippen LogP contribution in [0.15, 0.2) is 18.2 Å². The van der Waals surface area contributed by atoms with E-state index < -0.39 is 0 Å². The average molecular weight is 451 g/mol. The second-order valence-electron chi connectivity index (χ2n) is 9.32. The maximum Gasteiger partial charge on any atom is 0.136 e. The summed E-state index contributed by atoms with van der Waals surface area (Å²) in [5, 5.41) is 11.4. The Morgan fingerprint density at radius 3 is 2.42 bits per heavy atom. The summed E-state index contributed by atoms with van der Waals surface area (Å²) in [7, 11) is 0. The number of benzene rings is 1. The predicted molar refractivity (Wildman–Crippen MR) is 130 cm³/mol. The van der Waals surface area contributed by atoms with Crippen LogP contribution in [0.1, 0.15) is 41.3 Å². The number of hydrogen-bond acceptors (Lipinski definition) is 8. The van der Waals surface area contributed by atoms with Gasteiger partial charge >= 0.3 is 0 Å². The third kappa shape index (κ3) is 4.88. The zero-order chi connectivity index (χ0) is 22.8. The number of hydrogen-bond donors (Lipinski definition) is 2. The molecule has 8 nitrogen and oxygen atoms in total. The summed E-state index contributed by atoms with van der Waals surface area (Å²) >= 11 is 0. The second kappa shape index (κ2) is 9.75. The van der Waals surface area contributed by atoms with Gasteiger partial charge in [0.15, 0.2) is 0 Å². The van der Waals surface area contributed by atoms with Gasteiger partial charge in [0.2, 0.25) is 0 Å². The van der Waals surface area contributed by atoms with E-state index in [-0.39, 0.29) is 0 Å². The molecule has 176 valence electrons. The molecule has 2 N–H and O–H groups in total. The Morgan fingerprint density at radius 2 is 1.76 bits per heavy atom. The summed E-state index contributed by atoms with van der Waals surface area (Å²) in [6.07, 6.45) is 3.50. The van der Waals surface area contributed by atoms with Crippen LogP contribution in [0.4, 0.5) is 17.3 Å². The number of ether oxygens (including phenoxy) is 2. The molecule has 4 heterocycles. The lowest BCUT2D eigenvalue weighted by molar-refractivity contribution is -0.0661. The topological polar surface area (TPSA) is 86.6 Å². The molecule has 0 radical (unpaired) electrons. The van der Waals surface area contributed by atoms with E-state index >= 15 is 0 Å². The molecule has 0 bridgehead atoms. The minimum absolute atomic E-state index is 0.499. The smallest absolute Gasteiger partial charge is 0.136 e. The number of aryl methyl sites for hydroxylation is 2. The van der Waals surface area contributed by atoms with Crippen molar-refractivity contribution >= 4 is 23.5 Å². The molecule has 3 saturated heterocycles. The fourth-order valence-corrected chi connectivity index (χ4v) is 5.09. The van der Waals surface area contributed by atoms with E-state index in [4.69, 9.17) is 19.9 Å². The van der Waals surface area contributed by atoms with E-state index in [1.807, 2.05) is 13.0 Å². The number of rotatable bonds is 6. The zero-order valence-electron chi connectivity index (χ0n) is 19.6. The molecular weight excluding hydrogens is 416 g/mol. The Labute approximate surface area is 195 Å². The van der Waals surface area contributed by atoms with Gasteiger partial charge in [0.05, 0.1) is 19.3 Å². The van der Waals surface area contributed by atoms with Crippen LogP contribution < -0.4 is 10.2 Å². The van der Waals surface area contributed by atoms with Crippen LogP contribution in [-0.4, -0.2) is 79.7 Å². The van der Waals surface area contributed by atoms with E-state index in [2.05, 4.69) is 39.2 Å². The predicted octanol–water partition coefficient (Wildman–Crippen LogP) is 3.25. The first kappa shape index (κ1) is 22.3. The first-order valence-electron chi connectivity index (χ1n) is 12.0. The summed E-state index contributed by atoms with van der Waals surface area (Å²) in [6, 6.07) is 6.94. The molecule has 8 heteroatoms. The van der Waals surface area contributed by atoms with Crippen LogP contribution in [-0.2, 0) is 9.47 Å². The monoisotopic (exact) mass is 450 g/mol. The first-order chi connectivity index (χ1) is 16.1. The van der Waals surface area contributed by atoms with Crippen molar-refractivity contribution in [3.05, 3.63) is 40.7 Å². The van der Waals surface area contributed by atoms with Crippen molar-refractivity contribution in [1.29, 1.82) is 5.41 Å². The Bertz CT molecular complexity index is 995. The Hall–Kier alpha value is -2.55. The lowest BCUT2D eigenvalue weighted by Gasteiger charge is -2.42. The van der Waals surface area contributed by atoms with Gasteiger partial charge in [-0.15, -0.1) is 0 Å². The van der Waals surface area contributed by atoms with Crippen molar-refractivity contribution in [3.63, 3.8) is 0 Å². The Morgan fingerprint density at radius 1 is 1.00 bits per heavy atom. The van der Waals surface area contributed by atoms with Crippen LogP contribution in [0, 0.1) is 19.3 Å². The molecule has 2 aromatic rings. The normalized spacial score (nSPS) is 20.5. The van der Waals surface area contributed by atoms with E-state index in [1.165, 1.54) is 17.3 Å². The van der Waals surface area contributed by atoms with Crippen LogP contribution in [0.25, 0.3) is 0 Å². The second-order valence-corrected chi connectivity index (χ2v) is 9.32. The molecule has 0 unspecified atom stereocenters. The lowest BCUT2D eigenvalue weighted by atomic mass is 9.87. The standard InChI is InChI=1S/C25H34N6O2/c1-17-11-20(14-26)23(12-22(17)19-3-9-32-10-4-19)29-24-13-25(28-18(2)27-24)31-7-5-30(6-8-31)21-15-33-16-21/h11-14,19,21,26H,3-10,15-16H2,1-2H3,(H,27,28,29). The van der Waals surface area contributed by atoms with E-state index in [9.17, 15) is 0 Å². The number of anilines is 3. The highest BCUT2D eigenvalue weighted by Crippen LogP contribution is 2.34. The Balaban J connectivity index is 1.35. The highest BCUT2D eigenvalue weighted by molar-refractivity contribution is 5.88. The van der Waals surface area contributed by atoms with Gasteiger partial charge in [-0.1, -0.05) is 0 Å². The van der Waals surface area contributed by atoms with Gasteiger partial charge in [0.25, 0.3) is 0 Å². The van der Waals surface area contributed by atoms with E-state index in [1.54, 1.807) is 0 Å². The minimum atomic E-state index is 0.499. The molecular formula is C25H34N6O2. The maximum atomic E-state index is 7.94. The molecule has 1 aromatic carbocycles. The summed E-state index contributed by atoms with van der Waals surface area (Å²) in [5.41, 5.74) is 4.38. The summed E-state index contributed by atoms with van der Waals surface area (Å²) in [5.74, 6) is 2.98. The van der Waals surface area contributed by atoms with Gasteiger partial charge in [-0.2, -0.15) is 0 Å². The van der Waals surface area contributed by atoms with Gasteiger partial charge in [-0.3, -0.25) is 4.90 Å². The molecule has 0 amide bonds. The molecule has 3 fully saturated rings. The average Bonchev–Trinajstić information content (AvgIpc) is 2.79. The Kier molecular flexibility index (Phi) is 6.57. The van der Waals surface area contributed by atoms with Gasteiger partial charge < -0.3 is 25.1 Å². The largest absolute Gasteiger partial charge is 0.381 e. The summed E-state index contributed by atoms with van der Waals surface area (Å²) in [4.78, 5) is 14.2. The molecule has 1 aromatic heterocycles. The molecule has 33 heavy (non-hydrogen) atoms. The van der Waals surface area contributed by atoms with Crippen molar-refractivity contribution in [2.24, 2.45) is 0 Å². The van der Waals surface area contributed by atoms with Gasteiger partial charge in [-0.05, 0) is 55.9 Å². The quantitative estimate of drug-likeness (QED) is 0.654. The number of nitrogens with one attached hydrogen (secondary N) is 2. The number of piperazine rings is 1. The van der Waals surface area contributed by atoms with Gasteiger partial charge in [-0.25, -0.2) is 9.97 Å². The first-order valence-corrected chi connectivity index (χ1v) is 12.0. The fourth-order valence-electron chi connectivity index (χ4n) is 5.09. The van der Waals surface area contributed by atoms with Crippen LogP contribution in [0.3, 0.4) is 0 Å². The summed E-state index contributed by atoms with van der Waals surface area (Å²) in [6.45, 7) is 11.4. The highest BCUT2D eigenvalue weighted by Gasteiger charge is 2.29. The molecule has 5 rings (SSSR count). The molecule has 0 aliphatic carbocycles. The fraction of sp³-hybridized carbons (Fsp3) is 0.560. The highest BCUT2D eigenvalue weighted by atomic mass is 16.5. The van der Waals surface area contributed by atoms with Crippen molar-refractivity contribution < 1.29 is 9.47 Å². The minimum Gasteiger partial charge on any atom is -0.381 e. The van der Waals surface area contributed by atoms with Crippen LogP contribution in [0.5, 0.6) is 0 Å². The van der Waals surface area contributed by atoms with Crippen molar-refractivity contribution in [2.75, 3.05) is 62.8 Å². The molecule has 0 atom stereocenters. The van der Waals surface area contributed by atoms with Crippen molar-refractivity contribution in [2.45, 2.75) is 38.6 Å². The summed E-state index contributed by atoms with van der Waals surface area (Å²) < 4.78 is 10.9. The maximum absolute atomic E-state index is 7.94. The van der Waals surface area contributed by atoms with E-state index in [0.29, 0.717) is 12.0 Å². The van der Waals surface area contributed by atoms with Gasteiger partial charge in [0, 0.05) is 62.9 Å². The van der Waals surface area contributed by atoms with Crippen LogP contribution >= 0.6 is 0 Å². The van der Waals surface area contributed by atoms with Crippen molar-refractivity contribution in [1.82, 2.24) is 14.9 Å². The van der Waals surface area contributed by atoms with E-state index in [0.717, 1.165) is 94.2 Å². The SMILES string of the molecule is Cc1nc(Nc2cc(C3CCOCC3)c(C)cc2C=N)cc(N2CCN(C3COC3)CC2)n1. The van der Waals surface area contributed by atoms with Crippen molar-refractivity contribution in [3.8, 4) is 0 Å².